The molecule has 144 valence electrons. The average Bonchev–Trinajstić information content (AvgIpc) is 3.39. The number of alkyl halides is 3. The molecule has 2 aromatic rings. The number of hydrogen-bond acceptors (Lipinski definition) is 6. The average molecular weight is 382 g/mol. The van der Waals surface area contributed by atoms with Crippen molar-refractivity contribution in [1.29, 1.82) is 0 Å². The molecule has 3 N–H and O–H groups in total. The fourth-order valence-electron chi connectivity index (χ4n) is 2.46. The second kappa shape index (κ2) is 7.29. The normalized spacial score (nSPS) is 13.9. The van der Waals surface area contributed by atoms with Gasteiger partial charge >= 0.3 is 12.3 Å². The molecule has 1 aromatic carbocycles. The number of carbonyl (C=O) groups is 1. The maximum atomic E-state index is 12.3. The van der Waals surface area contributed by atoms with Crippen LogP contribution in [0.25, 0.3) is 0 Å². The summed E-state index contributed by atoms with van der Waals surface area (Å²) in [5.74, 6) is -0.439. The van der Waals surface area contributed by atoms with Gasteiger partial charge in [0.05, 0.1) is 5.69 Å². The standard InChI is InChI=1S/C17H17F3N4O3/c1-9-6-11(27-17(18,19)20)4-5-12(9)22-14-7-13(10-2-3-10)23-16(24-14)21-8-15(25)26/h4-7,10H,2-3,8H2,1H3,(H,25,26)(H2,21,22,23,24). The SMILES string of the molecule is Cc1cc(OC(F)(F)F)ccc1Nc1cc(C2CC2)nc(NCC(=O)O)n1. The zero-order chi connectivity index (χ0) is 19.6. The highest BCUT2D eigenvalue weighted by molar-refractivity contribution is 5.72. The molecule has 0 atom stereocenters. The molecular formula is C17H17F3N4O3. The lowest BCUT2D eigenvalue weighted by Gasteiger charge is -2.14. The Hall–Kier alpha value is -3.04. The van der Waals surface area contributed by atoms with Gasteiger partial charge in [-0.3, -0.25) is 4.79 Å². The molecule has 10 heteroatoms. The minimum absolute atomic E-state index is 0.180. The molecule has 3 rings (SSSR count). The van der Waals surface area contributed by atoms with Gasteiger partial charge in [0.2, 0.25) is 5.95 Å². The third kappa shape index (κ3) is 5.47. The van der Waals surface area contributed by atoms with Crippen molar-refractivity contribution in [2.24, 2.45) is 0 Å². The molecule has 0 bridgehead atoms. The van der Waals surface area contributed by atoms with Crippen LogP contribution in [0.3, 0.4) is 0 Å². The van der Waals surface area contributed by atoms with E-state index in [1.807, 2.05) is 0 Å². The Morgan fingerprint density at radius 3 is 2.63 bits per heavy atom. The molecule has 1 aliphatic rings. The summed E-state index contributed by atoms with van der Waals surface area (Å²) < 4.78 is 40.9. The number of nitrogens with one attached hydrogen (secondary N) is 2. The van der Waals surface area contributed by atoms with Crippen LogP contribution in [-0.4, -0.2) is 34.0 Å². The van der Waals surface area contributed by atoms with Gasteiger partial charge in [-0.2, -0.15) is 4.98 Å². The fraction of sp³-hybridized carbons (Fsp3) is 0.353. The molecule has 1 fully saturated rings. The summed E-state index contributed by atoms with van der Waals surface area (Å²) in [5, 5.41) is 14.5. The van der Waals surface area contributed by atoms with Crippen molar-refractivity contribution in [1.82, 2.24) is 9.97 Å². The van der Waals surface area contributed by atoms with Crippen LogP contribution < -0.4 is 15.4 Å². The van der Waals surface area contributed by atoms with Crippen LogP contribution in [0, 0.1) is 6.92 Å². The van der Waals surface area contributed by atoms with Crippen molar-refractivity contribution >= 4 is 23.4 Å². The predicted octanol–water partition coefficient (Wildman–Crippen LogP) is 3.80. The summed E-state index contributed by atoms with van der Waals surface area (Å²) in [6.07, 6.45) is -2.76. The smallest absolute Gasteiger partial charge is 0.480 e. The van der Waals surface area contributed by atoms with E-state index in [-0.39, 0.29) is 18.2 Å². The maximum absolute atomic E-state index is 12.3. The molecule has 0 aliphatic heterocycles. The maximum Gasteiger partial charge on any atom is 0.573 e. The lowest BCUT2D eigenvalue weighted by Crippen LogP contribution is -2.17. The van der Waals surface area contributed by atoms with E-state index < -0.39 is 12.3 Å². The lowest BCUT2D eigenvalue weighted by molar-refractivity contribution is -0.274. The van der Waals surface area contributed by atoms with Gasteiger partial charge < -0.3 is 20.5 Å². The van der Waals surface area contributed by atoms with E-state index in [0.717, 1.165) is 18.5 Å². The topological polar surface area (TPSA) is 96.4 Å². The molecule has 1 aromatic heterocycles. The summed E-state index contributed by atoms with van der Waals surface area (Å²) in [6, 6.07) is 5.68. The molecule has 27 heavy (non-hydrogen) atoms. The van der Waals surface area contributed by atoms with Crippen molar-refractivity contribution in [2.45, 2.75) is 32.0 Å². The van der Waals surface area contributed by atoms with E-state index in [4.69, 9.17) is 5.11 Å². The molecule has 7 nitrogen and oxygen atoms in total. The zero-order valence-corrected chi connectivity index (χ0v) is 14.3. The van der Waals surface area contributed by atoms with Gasteiger partial charge in [-0.15, -0.1) is 13.2 Å². The molecule has 0 spiro atoms. The Kier molecular flexibility index (Phi) is 5.06. The van der Waals surface area contributed by atoms with Crippen molar-refractivity contribution in [2.75, 3.05) is 17.2 Å². The Morgan fingerprint density at radius 1 is 1.30 bits per heavy atom. The Morgan fingerprint density at radius 2 is 2.04 bits per heavy atom. The number of benzene rings is 1. The van der Waals surface area contributed by atoms with Crippen LogP contribution in [0.5, 0.6) is 5.75 Å². The number of aromatic nitrogens is 2. The first-order valence-corrected chi connectivity index (χ1v) is 8.18. The molecule has 0 unspecified atom stereocenters. The number of rotatable bonds is 7. The minimum Gasteiger partial charge on any atom is -0.480 e. The van der Waals surface area contributed by atoms with Crippen LogP contribution in [0.1, 0.15) is 30.0 Å². The Labute approximate surface area is 152 Å². The fourth-order valence-corrected chi connectivity index (χ4v) is 2.46. The first kappa shape index (κ1) is 18.7. The molecule has 0 amide bonds. The monoisotopic (exact) mass is 382 g/mol. The summed E-state index contributed by atoms with van der Waals surface area (Å²) in [6.45, 7) is 1.31. The highest BCUT2D eigenvalue weighted by atomic mass is 19.4. The third-order valence-corrected chi connectivity index (χ3v) is 3.83. The van der Waals surface area contributed by atoms with Crippen molar-refractivity contribution in [3.8, 4) is 5.75 Å². The molecule has 1 saturated carbocycles. The zero-order valence-electron chi connectivity index (χ0n) is 14.3. The van der Waals surface area contributed by atoms with Crippen LogP contribution in [0.2, 0.25) is 0 Å². The van der Waals surface area contributed by atoms with Crippen LogP contribution in [-0.2, 0) is 4.79 Å². The minimum atomic E-state index is -4.75. The molecule has 0 saturated heterocycles. The third-order valence-electron chi connectivity index (χ3n) is 3.83. The van der Waals surface area contributed by atoms with E-state index in [1.165, 1.54) is 18.2 Å². The number of halogens is 3. The van der Waals surface area contributed by atoms with Gasteiger partial charge in [0, 0.05) is 17.7 Å². The number of ether oxygens (including phenoxy) is 1. The summed E-state index contributed by atoms with van der Waals surface area (Å²) in [7, 11) is 0. The molecule has 1 heterocycles. The number of aliphatic carboxylic acids is 1. The van der Waals surface area contributed by atoms with Crippen molar-refractivity contribution in [3.63, 3.8) is 0 Å². The Bertz CT molecular complexity index is 854. The summed E-state index contributed by atoms with van der Waals surface area (Å²) >= 11 is 0. The van der Waals surface area contributed by atoms with Gasteiger partial charge in [0.25, 0.3) is 0 Å². The highest BCUT2D eigenvalue weighted by Gasteiger charge is 2.31. The molecule has 1 aliphatic carbocycles. The molecular weight excluding hydrogens is 365 g/mol. The van der Waals surface area contributed by atoms with E-state index in [2.05, 4.69) is 25.3 Å². The lowest BCUT2D eigenvalue weighted by atomic mass is 10.2. The summed E-state index contributed by atoms with van der Waals surface area (Å²) in [4.78, 5) is 19.3. The van der Waals surface area contributed by atoms with Gasteiger partial charge in [0.1, 0.15) is 18.1 Å². The first-order chi connectivity index (χ1) is 12.7. The molecule has 0 radical (unpaired) electrons. The second-order valence-corrected chi connectivity index (χ2v) is 6.17. The van der Waals surface area contributed by atoms with Gasteiger partial charge in [-0.25, -0.2) is 4.98 Å². The number of hydrogen-bond donors (Lipinski definition) is 3. The number of anilines is 3. The van der Waals surface area contributed by atoms with Crippen LogP contribution in [0.15, 0.2) is 24.3 Å². The van der Waals surface area contributed by atoms with Gasteiger partial charge in [-0.1, -0.05) is 0 Å². The first-order valence-electron chi connectivity index (χ1n) is 8.18. The van der Waals surface area contributed by atoms with E-state index >= 15 is 0 Å². The van der Waals surface area contributed by atoms with Crippen molar-refractivity contribution in [3.05, 3.63) is 35.5 Å². The van der Waals surface area contributed by atoms with Crippen LogP contribution in [0.4, 0.5) is 30.6 Å². The highest BCUT2D eigenvalue weighted by Crippen LogP contribution is 2.40. The van der Waals surface area contributed by atoms with Gasteiger partial charge in [-0.05, 0) is 43.5 Å². The number of carboxylic acids is 1. The quantitative estimate of drug-likeness (QED) is 0.670. The van der Waals surface area contributed by atoms with E-state index in [9.17, 15) is 18.0 Å². The number of nitrogens with zero attached hydrogens (tertiary/aromatic N) is 2. The predicted molar refractivity (Wildman–Crippen MR) is 91.3 cm³/mol. The van der Waals surface area contributed by atoms with Gasteiger partial charge in [0.15, 0.2) is 0 Å². The van der Waals surface area contributed by atoms with Crippen molar-refractivity contribution < 1.29 is 27.8 Å². The van der Waals surface area contributed by atoms with E-state index in [1.54, 1.807) is 13.0 Å². The Balaban J connectivity index is 1.80. The second-order valence-electron chi connectivity index (χ2n) is 6.17. The van der Waals surface area contributed by atoms with Crippen LogP contribution >= 0.6 is 0 Å². The van der Waals surface area contributed by atoms with E-state index in [0.29, 0.717) is 23.0 Å². The number of carboxylic acid groups (broad SMARTS) is 1. The number of aryl methyl sites for hydroxylation is 1. The summed E-state index contributed by atoms with van der Waals surface area (Å²) in [5.41, 5.74) is 1.87. The largest absolute Gasteiger partial charge is 0.573 e.